The summed E-state index contributed by atoms with van der Waals surface area (Å²) in [5.74, 6) is -0.610. The number of nitrogens with zero attached hydrogens (tertiary/aromatic N) is 1. The average molecular weight is 259 g/mol. The number of anilines is 1. The molecule has 2 N–H and O–H groups in total. The number of ether oxygens (including phenoxy) is 1. The van der Waals surface area contributed by atoms with Crippen LogP contribution in [-0.4, -0.2) is 35.3 Å². The number of hydrogen-bond acceptors (Lipinski definition) is 4. The molecule has 1 heterocycles. The van der Waals surface area contributed by atoms with E-state index in [4.69, 9.17) is 21.4 Å². The highest BCUT2D eigenvalue weighted by atomic mass is 35.5. The number of pyridine rings is 1. The van der Waals surface area contributed by atoms with Crippen molar-refractivity contribution in [2.45, 2.75) is 19.4 Å². The molecule has 1 aromatic rings. The van der Waals surface area contributed by atoms with Crippen molar-refractivity contribution in [3.8, 4) is 0 Å². The standard InChI is InChI=1S/C11H15ClN2O3/c1-11(2,6-17-3)14-9-8(12)4-7(5-13-9)10(15)16/h4-5H,6H2,1-3H3,(H,13,14)(H,15,16). The van der Waals surface area contributed by atoms with Gasteiger partial charge in [0.1, 0.15) is 5.82 Å². The number of halogens is 1. The smallest absolute Gasteiger partial charge is 0.337 e. The maximum atomic E-state index is 10.7. The normalized spacial score (nSPS) is 11.3. The Morgan fingerprint density at radius 2 is 2.29 bits per heavy atom. The highest BCUT2D eigenvalue weighted by molar-refractivity contribution is 6.33. The van der Waals surface area contributed by atoms with Gasteiger partial charge in [-0.3, -0.25) is 0 Å². The van der Waals surface area contributed by atoms with Gasteiger partial charge in [0.05, 0.1) is 22.7 Å². The van der Waals surface area contributed by atoms with Crippen molar-refractivity contribution in [1.82, 2.24) is 4.98 Å². The molecule has 17 heavy (non-hydrogen) atoms. The van der Waals surface area contributed by atoms with E-state index in [1.54, 1.807) is 7.11 Å². The Bertz CT molecular complexity index is 421. The van der Waals surface area contributed by atoms with Gasteiger partial charge < -0.3 is 15.2 Å². The first-order valence-corrected chi connectivity index (χ1v) is 5.39. The van der Waals surface area contributed by atoms with E-state index in [0.29, 0.717) is 12.4 Å². The van der Waals surface area contributed by atoms with Crippen molar-refractivity contribution in [3.63, 3.8) is 0 Å². The Hall–Kier alpha value is -1.33. The summed E-state index contributed by atoms with van der Waals surface area (Å²) in [7, 11) is 1.60. The maximum Gasteiger partial charge on any atom is 0.337 e. The van der Waals surface area contributed by atoms with Gasteiger partial charge in [-0.1, -0.05) is 11.6 Å². The van der Waals surface area contributed by atoms with Crippen LogP contribution >= 0.6 is 11.6 Å². The number of carbonyl (C=O) groups is 1. The summed E-state index contributed by atoms with van der Waals surface area (Å²) in [5, 5.41) is 12.1. The molecule has 0 fully saturated rings. The maximum absolute atomic E-state index is 10.7. The summed E-state index contributed by atoms with van der Waals surface area (Å²) in [6.45, 7) is 4.34. The molecule has 0 aromatic carbocycles. The number of rotatable bonds is 5. The first kappa shape index (κ1) is 13.7. The van der Waals surface area contributed by atoms with E-state index in [2.05, 4.69) is 10.3 Å². The van der Waals surface area contributed by atoms with Gasteiger partial charge in [0, 0.05) is 13.3 Å². The lowest BCUT2D eigenvalue weighted by atomic mass is 10.1. The Morgan fingerprint density at radius 3 is 2.76 bits per heavy atom. The van der Waals surface area contributed by atoms with Crippen molar-refractivity contribution in [2.24, 2.45) is 0 Å². The lowest BCUT2D eigenvalue weighted by molar-refractivity contribution is 0.0696. The largest absolute Gasteiger partial charge is 0.478 e. The van der Waals surface area contributed by atoms with Crippen LogP contribution in [0.3, 0.4) is 0 Å². The molecule has 0 unspecified atom stereocenters. The summed E-state index contributed by atoms with van der Waals surface area (Å²) >= 11 is 5.95. The lowest BCUT2D eigenvalue weighted by Crippen LogP contribution is -2.36. The molecule has 0 saturated carbocycles. The Kier molecular flexibility index (Phi) is 4.31. The zero-order chi connectivity index (χ0) is 13.1. The van der Waals surface area contributed by atoms with Crippen LogP contribution in [0.25, 0.3) is 0 Å². The number of nitrogens with one attached hydrogen (secondary N) is 1. The topological polar surface area (TPSA) is 71.5 Å². The van der Waals surface area contributed by atoms with E-state index in [1.165, 1.54) is 12.3 Å². The van der Waals surface area contributed by atoms with Crippen LogP contribution in [0.4, 0.5) is 5.82 Å². The van der Waals surface area contributed by atoms with Gasteiger partial charge in [0.2, 0.25) is 0 Å². The summed E-state index contributed by atoms with van der Waals surface area (Å²) in [6.07, 6.45) is 1.26. The molecule has 0 atom stereocenters. The SMILES string of the molecule is COCC(C)(C)Nc1ncc(C(=O)O)cc1Cl. The molecule has 94 valence electrons. The molecular formula is C11H15ClN2O3. The second-order valence-electron chi connectivity index (χ2n) is 4.30. The molecule has 0 bridgehead atoms. The number of methoxy groups -OCH3 is 1. The van der Waals surface area contributed by atoms with Gasteiger partial charge in [-0.2, -0.15) is 0 Å². The quantitative estimate of drug-likeness (QED) is 0.848. The molecule has 1 rings (SSSR count). The number of hydrogen-bond donors (Lipinski definition) is 2. The van der Waals surface area contributed by atoms with E-state index in [9.17, 15) is 4.79 Å². The second-order valence-corrected chi connectivity index (χ2v) is 4.71. The van der Waals surface area contributed by atoms with Crippen LogP contribution in [0.2, 0.25) is 5.02 Å². The van der Waals surface area contributed by atoms with E-state index in [0.717, 1.165) is 0 Å². The minimum absolute atomic E-state index is 0.0603. The van der Waals surface area contributed by atoms with Crippen LogP contribution in [0.5, 0.6) is 0 Å². The molecule has 0 amide bonds. The molecule has 6 heteroatoms. The molecule has 0 spiro atoms. The fourth-order valence-electron chi connectivity index (χ4n) is 1.36. The van der Waals surface area contributed by atoms with Gasteiger partial charge in [0.25, 0.3) is 0 Å². The Labute approximate surface area is 105 Å². The third-order valence-electron chi connectivity index (χ3n) is 2.05. The van der Waals surface area contributed by atoms with E-state index in [1.807, 2.05) is 13.8 Å². The van der Waals surface area contributed by atoms with Crippen LogP contribution in [0.15, 0.2) is 12.3 Å². The summed E-state index contributed by atoms with van der Waals surface area (Å²) in [5.41, 5.74) is -0.277. The third kappa shape index (κ3) is 3.87. The van der Waals surface area contributed by atoms with Crippen LogP contribution in [0, 0.1) is 0 Å². The minimum Gasteiger partial charge on any atom is -0.478 e. The fourth-order valence-corrected chi connectivity index (χ4v) is 1.58. The van der Waals surface area contributed by atoms with Crippen LogP contribution < -0.4 is 5.32 Å². The number of carboxylic acid groups (broad SMARTS) is 1. The molecule has 0 aliphatic carbocycles. The predicted octanol–water partition coefficient (Wildman–Crippen LogP) is 2.27. The van der Waals surface area contributed by atoms with E-state index >= 15 is 0 Å². The van der Waals surface area contributed by atoms with Crippen molar-refractivity contribution in [3.05, 3.63) is 22.8 Å². The molecular weight excluding hydrogens is 244 g/mol. The first-order chi connectivity index (χ1) is 7.85. The number of aromatic carboxylic acids is 1. The van der Waals surface area contributed by atoms with E-state index < -0.39 is 5.97 Å². The highest BCUT2D eigenvalue weighted by Crippen LogP contribution is 2.23. The van der Waals surface area contributed by atoms with Gasteiger partial charge in [-0.05, 0) is 19.9 Å². The molecule has 0 aliphatic heterocycles. The van der Waals surface area contributed by atoms with Crippen molar-refractivity contribution in [1.29, 1.82) is 0 Å². The number of aromatic nitrogens is 1. The molecule has 0 aliphatic rings. The van der Waals surface area contributed by atoms with Gasteiger partial charge in [-0.25, -0.2) is 9.78 Å². The minimum atomic E-state index is -1.05. The van der Waals surface area contributed by atoms with Crippen molar-refractivity contribution >= 4 is 23.4 Å². The summed E-state index contributed by atoms with van der Waals surface area (Å²) in [4.78, 5) is 14.7. The lowest BCUT2D eigenvalue weighted by Gasteiger charge is -2.26. The van der Waals surface area contributed by atoms with Gasteiger partial charge in [-0.15, -0.1) is 0 Å². The van der Waals surface area contributed by atoms with Crippen LogP contribution in [-0.2, 0) is 4.74 Å². The van der Waals surface area contributed by atoms with Gasteiger partial charge >= 0.3 is 5.97 Å². The molecule has 1 aromatic heterocycles. The number of carboxylic acids is 1. The third-order valence-corrected chi connectivity index (χ3v) is 2.34. The second kappa shape index (κ2) is 5.33. The first-order valence-electron chi connectivity index (χ1n) is 5.02. The molecule has 0 radical (unpaired) electrons. The Morgan fingerprint density at radius 1 is 1.65 bits per heavy atom. The molecule has 0 saturated heterocycles. The van der Waals surface area contributed by atoms with Crippen molar-refractivity contribution < 1.29 is 14.6 Å². The van der Waals surface area contributed by atoms with Gasteiger partial charge in [0.15, 0.2) is 0 Å². The Balaban J connectivity index is 2.90. The predicted molar refractivity (Wildman–Crippen MR) is 65.8 cm³/mol. The van der Waals surface area contributed by atoms with E-state index in [-0.39, 0.29) is 16.1 Å². The zero-order valence-electron chi connectivity index (χ0n) is 9.95. The average Bonchev–Trinajstić information content (AvgIpc) is 2.20. The molecule has 5 nitrogen and oxygen atoms in total. The fraction of sp³-hybridized carbons (Fsp3) is 0.455. The monoisotopic (exact) mass is 258 g/mol. The highest BCUT2D eigenvalue weighted by Gasteiger charge is 2.19. The summed E-state index contributed by atoms with van der Waals surface area (Å²) < 4.78 is 5.05. The van der Waals surface area contributed by atoms with Crippen LogP contribution in [0.1, 0.15) is 24.2 Å². The zero-order valence-corrected chi connectivity index (χ0v) is 10.7. The van der Waals surface area contributed by atoms with Crippen molar-refractivity contribution in [2.75, 3.05) is 19.0 Å². The summed E-state index contributed by atoms with van der Waals surface area (Å²) in [6, 6.07) is 1.36.